The molecular formula is C23H22N4O3. The van der Waals surface area contributed by atoms with E-state index in [0.717, 1.165) is 35.3 Å². The Hall–Kier alpha value is -3.22. The number of amides is 1. The number of rotatable bonds is 2. The van der Waals surface area contributed by atoms with E-state index in [-0.39, 0.29) is 23.5 Å². The van der Waals surface area contributed by atoms with Gasteiger partial charge in [-0.1, -0.05) is 26.8 Å². The summed E-state index contributed by atoms with van der Waals surface area (Å²) in [6.45, 7) is 6.74. The van der Waals surface area contributed by atoms with Crippen molar-refractivity contribution in [3.63, 3.8) is 0 Å². The van der Waals surface area contributed by atoms with Crippen LogP contribution < -0.4 is 14.8 Å². The highest BCUT2D eigenvalue weighted by Crippen LogP contribution is 2.70. The molecule has 30 heavy (non-hydrogen) atoms. The van der Waals surface area contributed by atoms with E-state index in [0.29, 0.717) is 17.3 Å². The summed E-state index contributed by atoms with van der Waals surface area (Å²) in [5.74, 6) is 1.83. The Labute approximate surface area is 173 Å². The molecule has 7 heteroatoms. The average molecular weight is 402 g/mol. The van der Waals surface area contributed by atoms with Gasteiger partial charge in [0.1, 0.15) is 5.82 Å². The minimum Gasteiger partial charge on any atom is -0.454 e. The van der Waals surface area contributed by atoms with Crippen LogP contribution >= 0.6 is 0 Å². The standard InChI is InChI=1S/C23H22N4O3/c1-21(2)22(3)7-8-23(21,20(28)27-17-6-4-5-9-24-17)19-18(22)25-13-10-15-16(30-12-29-15)11-14(13)26-19/h4-6,9-11H,7-8,12H2,1-3H3,(H,24,27,28). The zero-order valence-corrected chi connectivity index (χ0v) is 17.2. The first-order chi connectivity index (χ1) is 14.4. The van der Waals surface area contributed by atoms with Crippen molar-refractivity contribution in [1.82, 2.24) is 15.0 Å². The lowest BCUT2D eigenvalue weighted by Crippen LogP contribution is -2.48. The summed E-state index contributed by atoms with van der Waals surface area (Å²) in [6, 6.07) is 9.24. The summed E-state index contributed by atoms with van der Waals surface area (Å²) in [5.41, 5.74) is 1.81. The number of hydrogen-bond donors (Lipinski definition) is 1. The number of anilines is 1. The number of benzene rings is 1. The molecule has 3 aliphatic rings. The number of nitrogens with zero attached hydrogens (tertiary/aromatic N) is 3. The van der Waals surface area contributed by atoms with Gasteiger partial charge in [0.2, 0.25) is 12.7 Å². The van der Waals surface area contributed by atoms with E-state index in [2.05, 4.69) is 31.1 Å². The van der Waals surface area contributed by atoms with Gasteiger partial charge in [-0.2, -0.15) is 0 Å². The summed E-state index contributed by atoms with van der Waals surface area (Å²) >= 11 is 0. The van der Waals surface area contributed by atoms with Crippen LogP contribution in [0.1, 0.15) is 45.0 Å². The van der Waals surface area contributed by atoms with Crippen LogP contribution in [0.3, 0.4) is 0 Å². The fraction of sp³-hybridized carbons (Fsp3) is 0.391. The molecule has 2 aromatic heterocycles. The van der Waals surface area contributed by atoms with Gasteiger partial charge >= 0.3 is 0 Å². The smallest absolute Gasteiger partial charge is 0.238 e. The lowest BCUT2D eigenvalue weighted by atomic mass is 9.63. The molecule has 2 bridgehead atoms. The molecule has 1 amide bonds. The van der Waals surface area contributed by atoms with E-state index in [1.54, 1.807) is 12.3 Å². The maximum absolute atomic E-state index is 13.8. The van der Waals surface area contributed by atoms with Crippen molar-refractivity contribution in [3.05, 3.63) is 47.9 Å². The molecule has 1 aromatic carbocycles. The molecule has 7 nitrogen and oxygen atoms in total. The molecule has 3 aromatic rings. The second-order valence-electron chi connectivity index (χ2n) is 9.15. The van der Waals surface area contributed by atoms with Gasteiger partial charge in [-0.25, -0.2) is 15.0 Å². The molecule has 2 aliphatic carbocycles. The van der Waals surface area contributed by atoms with E-state index in [4.69, 9.17) is 19.4 Å². The van der Waals surface area contributed by atoms with Crippen molar-refractivity contribution in [2.75, 3.05) is 12.1 Å². The Balaban J connectivity index is 1.56. The number of hydrogen-bond acceptors (Lipinski definition) is 6. The zero-order valence-electron chi connectivity index (χ0n) is 17.2. The van der Waals surface area contributed by atoms with E-state index in [9.17, 15) is 4.79 Å². The van der Waals surface area contributed by atoms with Crippen LogP contribution in [-0.4, -0.2) is 27.7 Å². The van der Waals surface area contributed by atoms with Crippen molar-refractivity contribution in [3.8, 4) is 11.5 Å². The van der Waals surface area contributed by atoms with Gasteiger partial charge in [-0.05, 0) is 30.4 Å². The largest absolute Gasteiger partial charge is 0.454 e. The van der Waals surface area contributed by atoms with Crippen LogP contribution in [0.25, 0.3) is 11.0 Å². The quantitative estimate of drug-likeness (QED) is 0.703. The third kappa shape index (κ3) is 1.90. The summed E-state index contributed by atoms with van der Waals surface area (Å²) in [4.78, 5) is 28.1. The molecule has 6 rings (SSSR count). The second-order valence-corrected chi connectivity index (χ2v) is 9.15. The van der Waals surface area contributed by atoms with Crippen molar-refractivity contribution in [2.45, 2.75) is 44.4 Å². The first kappa shape index (κ1) is 17.6. The van der Waals surface area contributed by atoms with Gasteiger partial charge in [0.05, 0.1) is 27.8 Å². The SMILES string of the molecule is CC12CCC(C(=O)Nc3ccccn3)(c3nc4cc5c(cc4nc31)OCO5)C2(C)C. The predicted octanol–water partition coefficient (Wildman–Crippen LogP) is 3.72. The molecule has 0 radical (unpaired) electrons. The van der Waals surface area contributed by atoms with Crippen LogP contribution in [-0.2, 0) is 15.6 Å². The minimum absolute atomic E-state index is 0.0666. The van der Waals surface area contributed by atoms with Gasteiger partial charge in [-0.3, -0.25) is 4.79 Å². The Morgan fingerprint density at radius 1 is 1.00 bits per heavy atom. The first-order valence-corrected chi connectivity index (χ1v) is 10.2. The molecule has 1 aliphatic heterocycles. The monoisotopic (exact) mass is 402 g/mol. The third-order valence-electron chi connectivity index (χ3n) is 7.83. The highest BCUT2D eigenvalue weighted by atomic mass is 16.7. The fourth-order valence-corrected chi connectivity index (χ4v) is 5.66. The second kappa shape index (κ2) is 5.47. The molecular weight excluding hydrogens is 380 g/mol. The number of pyridine rings is 1. The van der Waals surface area contributed by atoms with E-state index in [1.165, 1.54) is 0 Å². The van der Waals surface area contributed by atoms with E-state index in [1.807, 2.05) is 24.3 Å². The predicted molar refractivity (Wildman–Crippen MR) is 111 cm³/mol. The molecule has 0 saturated heterocycles. The summed E-state index contributed by atoms with van der Waals surface area (Å²) in [5, 5.41) is 3.04. The van der Waals surface area contributed by atoms with Crippen molar-refractivity contribution < 1.29 is 14.3 Å². The normalized spacial score (nSPS) is 27.3. The number of aromatic nitrogens is 3. The highest BCUT2D eigenvalue weighted by molar-refractivity contribution is 6.01. The first-order valence-electron chi connectivity index (χ1n) is 10.2. The lowest BCUT2D eigenvalue weighted by Gasteiger charge is -2.39. The Morgan fingerprint density at radius 3 is 2.37 bits per heavy atom. The highest BCUT2D eigenvalue weighted by Gasteiger charge is 2.73. The number of carbonyl (C=O) groups excluding carboxylic acids is 1. The van der Waals surface area contributed by atoms with E-state index >= 15 is 0 Å². The molecule has 152 valence electrons. The van der Waals surface area contributed by atoms with Gasteiger partial charge in [0.25, 0.3) is 0 Å². The molecule has 3 heterocycles. The number of ether oxygens (including phenoxy) is 2. The number of fused-ring (bicyclic) bond motifs is 7. The number of carbonyl (C=O) groups is 1. The minimum atomic E-state index is -0.772. The van der Waals surface area contributed by atoms with Crippen LogP contribution in [0.2, 0.25) is 0 Å². The van der Waals surface area contributed by atoms with Crippen LogP contribution in [0.4, 0.5) is 5.82 Å². The van der Waals surface area contributed by atoms with Crippen molar-refractivity contribution in [2.24, 2.45) is 5.41 Å². The van der Waals surface area contributed by atoms with Crippen molar-refractivity contribution >= 4 is 22.8 Å². The molecule has 2 unspecified atom stereocenters. The van der Waals surface area contributed by atoms with Gasteiger partial charge < -0.3 is 14.8 Å². The molecule has 1 saturated carbocycles. The Morgan fingerprint density at radius 2 is 1.70 bits per heavy atom. The van der Waals surface area contributed by atoms with E-state index < -0.39 is 5.41 Å². The van der Waals surface area contributed by atoms with Crippen LogP contribution in [0.15, 0.2) is 36.5 Å². The molecule has 1 N–H and O–H groups in total. The van der Waals surface area contributed by atoms with Crippen molar-refractivity contribution in [1.29, 1.82) is 0 Å². The third-order valence-corrected chi connectivity index (χ3v) is 7.83. The Kier molecular flexibility index (Phi) is 3.22. The van der Waals surface area contributed by atoms with Crippen LogP contribution in [0, 0.1) is 5.41 Å². The topological polar surface area (TPSA) is 86.2 Å². The zero-order chi connectivity index (χ0) is 20.7. The van der Waals surface area contributed by atoms with Gasteiger partial charge in [0.15, 0.2) is 11.5 Å². The van der Waals surface area contributed by atoms with Gasteiger partial charge in [0, 0.05) is 23.7 Å². The fourth-order valence-electron chi connectivity index (χ4n) is 5.66. The Bertz CT molecular complexity index is 1230. The van der Waals surface area contributed by atoms with Crippen LogP contribution in [0.5, 0.6) is 11.5 Å². The average Bonchev–Trinajstić information content (AvgIpc) is 3.30. The summed E-state index contributed by atoms with van der Waals surface area (Å²) in [6.07, 6.45) is 3.29. The molecule has 0 spiro atoms. The summed E-state index contributed by atoms with van der Waals surface area (Å²) < 4.78 is 11.0. The van der Waals surface area contributed by atoms with Gasteiger partial charge in [-0.15, -0.1) is 0 Å². The lowest BCUT2D eigenvalue weighted by molar-refractivity contribution is -0.125. The maximum atomic E-state index is 13.8. The maximum Gasteiger partial charge on any atom is 0.238 e. The molecule has 2 atom stereocenters. The number of nitrogens with one attached hydrogen (secondary N) is 1. The molecule has 1 fully saturated rings. The summed E-state index contributed by atoms with van der Waals surface area (Å²) in [7, 11) is 0.